The standard InChI is InChI=1S/C16H16N4OS/c1-20-15(11-6-8-12(21-2)9-7-11)18-19-16(20)14(22)13-5-3-4-10-17-13/h3-10,14,22H,1-2H3. The van der Waals surface area contributed by atoms with Crippen LogP contribution in [0, 0.1) is 0 Å². The maximum absolute atomic E-state index is 5.17. The highest BCUT2D eigenvalue weighted by atomic mass is 32.1. The molecule has 0 fully saturated rings. The molecule has 1 unspecified atom stereocenters. The second kappa shape index (κ2) is 6.19. The average molecular weight is 312 g/mol. The number of pyridine rings is 1. The van der Waals surface area contributed by atoms with E-state index in [1.165, 1.54) is 0 Å². The van der Waals surface area contributed by atoms with Gasteiger partial charge in [-0.15, -0.1) is 10.2 Å². The molecule has 22 heavy (non-hydrogen) atoms. The van der Waals surface area contributed by atoms with E-state index in [1.54, 1.807) is 13.3 Å². The van der Waals surface area contributed by atoms with Crippen LogP contribution in [0.25, 0.3) is 11.4 Å². The number of methoxy groups -OCH3 is 1. The Balaban J connectivity index is 1.94. The number of hydrogen-bond donors (Lipinski definition) is 1. The summed E-state index contributed by atoms with van der Waals surface area (Å²) in [5.41, 5.74) is 1.83. The van der Waals surface area contributed by atoms with Crippen molar-refractivity contribution in [1.82, 2.24) is 19.7 Å². The number of rotatable bonds is 4. The molecule has 0 amide bonds. The summed E-state index contributed by atoms with van der Waals surface area (Å²) in [6.45, 7) is 0. The van der Waals surface area contributed by atoms with Crippen molar-refractivity contribution in [3.05, 3.63) is 60.2 Å². The fraction of sp³-hybridized carbons (Fsp3) is 0.188. The van der Waals surface area contributed by atoms with E-state index in [0.29, 0.717) is 0 Å². The number of aromatic nitrogens is 4. The molecule has 1 atom stereocenters. The number of ether oxygens (including phenoxy) is 1. The molecule has 0 aliphatic rings. The van der Waals surface area contributed by atoms with Gasteiger partial charge < -0.3 is 9.30 Å². The monoisotopic (exact) mass is 312 g/mol. The minimum absolute atomic E-state index is 0.217. The van der Waals surface area contributed by atoms with Gasteiger partial charge in [0.25, 0.3) is 0 Å². The first kappa shape index (κ1) is 14.6. The van der Waals surface area contributed by atoms with Gasteiger partial charge in [0.15, 0.2) is 11.6 Å². The molecule has 3 rings (SSSR count). The first-order chi connectivity index (χ1) is 10.7. The summed E-state index contributed by atoms with van der Waals surface area (Å²) in [7, 11) is 3.58. The van der Waals surface area contributed by atoms with Crippen molar-refractivity contribution in [2.24, 2.45) is 7.05 Å². The Morgan fingerprint density at radius 3 is 2.50 bits per heavy atom. The van der Waals surface area contributed by atoms with Crippen LogP contribution in [0.2, 0.25) is 0 Å². The summed E-state index contributed by atoms with van der Waals surface area (Å²) in [6.07, 6.45) is 1.75. The Morgan fingerprint density at radius 1 is 1.09 bits per heavy atom. The Morgan fingerprint density at radius 2 is 1.86 bits per heavy atom. The predicted octanol–water partition coefficient (Wildman–Crippen LogP) is 2.90. The van der Waals surface area contributed by atoms with E-state index < -0.39 is 0 Å². The molecule has 6 heteroatoms. The van der Waals surface area contributed by atoms with Crippen LogP contribution < -0.4 is 4.74 Å². The lowest BCUT2D eigenvalue weighted by Gasteiger charge is -2.10. The summed E-state index contributed by atoms with van der Waals surface area (Å²) in [4.78, 5) is 4.33. The topological polar surface area (TPSA) is 52.8 Å². The minimum Gasteiger partial charge on any atom is -0.497 e. The Bertz CT molecular complexity index is 756. The maximum atomic E-state index is 5.17. The van der Waals surface area contributed by atoms with Gasteiger partial charge in [0.2, 0.25) is 0 Å². The van der Waals surface area contributed by atoms with E-state index in [4.69, 9.17) is 4.74 Å². The third kappa shape index (κ3) is 2.69. The number of thiol groups is 1. The highest BCUT2D eigenvalue weighted by Gasteiger charge is 2.19. The fourth-order valence-electron chi connectivity index (χ4n) is 2.24. The van der Waals surface area contributed by atoms with E-state index >= 15 is 0 Å². The van der Waals surface area contributed by atoms with Crippen molar-refractivity contribution in [2.75, 3.05) is 7.11 Å². The zero-order valence-electron chi connectivity index (χ0n) is 12.3. The van der Waals surface area contributed by atoms with Gasteiger partial charge in [0.1, 0.15) is 11.0 Å². The first-order valence-electron chi connectivity index (χ1n) is 6.83. The highest BCUT2D eigenvalue weighted by Crippen LogP contribution is 2.28. The third-order valence-electron chi connectivity index (χ3n) is 3.47. The van der Waals surface area contributed by atoms with Crippen molar-refractivity contribution in [3.63, 3.8) is 0 Å². The van der Waals surface area contributed by atoms with Crippen LogP contribution in [0.1, 0.15) is 16.8 Å². The molecule has 0 aliphatic carbocycles. The van der Waals surface area contributed by atoms with Crippen LogP contribution in [0.15, 0.2) is 48.7 Å². The van der Waals surface area contributed by atoms with Crippen LogP contribution in [-0.2, 0) is 7.05 Å². The predicted molar refractivity (Wildman–Crippen MR) is 88.1 cm³/mol. The number of benzene rings is 1. The molecule has 0 aliphatic heterocycles. The van der Waals surface area contributed by atoms with Gasteiger partial charge in [-0.25, -0.2) is 0 Å². The second-order valence-corrected chi connectivity index (χ2v) is 5.34. The molecule has 0 radical (unpaired) electrons. The molecule has 0 saturated carbocycles. The summed E-state index contributed by atoms with van der Waals surface area (Å²) in [5, 5.41) is 8.34. The Hall–Kier alpha value is -2.34. The molecular formula is C16H16N4OS. The molecule has 0 N–H and O–H groups in total. The van der Waals surface area contributed by atoms with E-state index in [0.717, 1.165) is 28.7 Å². The molecule has 2 aromatic heterocycles. The van der Waals surface area contributed by atoms with Crippen LogP contribution in [0.5, 0.6) is 5.75 Å². The van der Waals surface area contributed by atoms with Crippen LogP contribution in [-0.4, -0.2) is 26.9 Å². The molecule has 1 aromatic carbocycles. The van der Waals surface area contributed by atoms with Gasteiger partial charge in [0.05, 0.1) is 12.8 Å². The molecule has 112 valence electrons. The lowest BCUT2D eigenvalue weighted by Crippen LogP contribution is -2.05. The Kier molecular flexibility index (Phi) is 4.11. The molecule has 2 heterocycles. The van der Waals surface area contributed by atoms with Crippen molar-refractivity contribution in [2.45, 2.75) is 5.25 Å². The van der Waals surface area contributed by atoms with Crippen molar-refractivity contribution < 1.29 is 4.74 Å². The summed E-state index contributed by atoms with van der Waals surface area (Å²) in [6, 6.07) is 13.5. The van der Waals surface area contributed by atoms with Crippen LogP contribution in [0.4, 0.5) is 0 Å². The first-order valence-corrected chi connectivity index (χ1v) is 7.35. The molecule has 0 saturated heterocycles. The summed E-state index contributed by atoms with van der Waals surface area (Å²) >= 11 is 4.63. The molecular weight excluding hydrogens is 296 g/mol. The van der Waals surface area contributed by atoms with Crippen LogP contribution in [0.3, 0.4) is 0 Å². The lowest BCUT2D eigenvalue weighted by molar-refractivity contribution is 0.415. The minimum atomic E-state index is -0.217. The van der Waals surface area contributed by atoms with E-state index in [2.05, 4.69) is 27.8 Å². The van der Waals surface area contributed by atoms with E-state index in [-0.39, 0.29) is 5.25 Å². The smallest absolute Gasteiger partial charge is 0.163 e. The van der Waals surface area contributed by atoms with Gasteiger partial charge in [0, 0.05) is 18.8 Å². The third-order valence-corrected chi connectivity index (χ3v) is 3.96. The van der Waals surface area contributed by atoms with Gasteiger partial charge in [-0.3, -0.25) is 4.98 Å². The SMILES string of the molecule is COc1ccc(-c2nnc(C(S)c3ccccn3)n2C)cc1. The molecule has 0 bridgehead atoms. The fourth-order valence-corrected chi connectivity index (χ4v) is 2.62. The largest absolute Gasteiger partial charge is 0.497 e. The van der Waals surface area contributed by atoms with Gasteiger partial charge in [-0.1, -0.05) is 6.07 Å². The zero-order chi connectivity index (χ0) is 15.5. The molecule has 3 aromatic rings. The number of nitrogens with zero attached hydrogens (tertiary/aromatic N) is 4. The second-order valence-electron chi connectivity index (χ2n) is 4.83. The summed E-state index contributed by atoms with van der Waals surface area (Å²) in [5.74, 6) is 2.35. The summed E-state index contributed by atoms with van der Waals surface area (Å²) < 4.78 is 7.11. The van der Waals surface area contributed by atoms with Gasteiger partial charge >= 0.3 is 0 Å². The normalized spacial score (nSPS) is 12.1. The quantitative estimate of drug-likeness (QED) is 0.753. The van der Waals surface area contributed by atoms with Gasteiger partial charge in [-0.05, 0) is 36.4 Å². The highest BCUT2D eigenvalue weighted by molar-refractivity contribution is 7.80. The van der Waals surface area contributed by atoms with E-state index in [9.17, 15) is 0 Å². The van der Waals surface area contributed by atoms with Gasteiger partial charge in [-0.2, -0.15) is 12.6 Å². The molecule has 5 nitrogen and oxygen atoms in total. The van der Waals surface area contributed by atoms with E-state index in [1.807, 2.05) is 54.1 Å². The molecule has 0 spiro atoms. The lowest BCUT2D eigenvalue weighted by atomic mass is 10.2. The van der Waals surface area contributed by atoms with Crippen molar-refractivity contribution in [3.8, 4) is 17.1 Å². The zero-order valence-corrected chi connectivity index (χ0v) is 13.2. The van der Waals surface area contributed by atoms with Crippen molar-refractivity contribution >= 4 is 12.6 Å². The Labute approximate surface area is 134 Å². The van der Waals surface area contributed by atoms with Crippen molar-refractivity contribution in [1.29, 1.82) is 0 Å². The number of hydrogen-bond acceptors (Lipinski definition) is 5. The maximum Gasteiger partial charge on any atom is 0.163 e. The average Bonchev–Trinajstić information content (AvgIpc) is 2.96. The van der Waals surface area contributed by atoms with Crippen LogP contribution >= 0.6 is 12.6 Å².